The fourth-order valence-electron chi connectivity index (χ4n) is 3.35. The van der Waals surface area contributed by atoms with E-state index < -0.39 is 0 Å². The zero-order chi connectivity index (χ0) is 17.4. The largest absolute Gasteiger partial charge is 0.340 e. The first kappa shape index (κ1) is 16.2. The summed E-state index contributed by atoms with van der Waals surface area (Å²) in [4.78, 5) is 24.9. The molecule has 1 atom stereocenters. The number of para-hydroxylation sites is 2. The molecule has 0 bridgehead atoms. The van der Waals surface area contributed by atoms with Crippen LogP contribution in [0, 0.1) is 6.92 Å². The van der Waals surface area contributed by atoms with Crippen molar-refractivity contribution in [3.63, 3.8) is 0 Å². The van der Waals surface area contributed by atoms with Crippen LogP contribution >= 0.6 is 11.3 Å². The van der Waals surface area contributed by atoms with Crippen LogP contribution in [-0.2, 0) is 11.3 Å². The zero-order valence-corrected chi connectivity index (χ0v) is 15.2. The van der Waals surface area contributed by atoms with Crippen LogP contribution in [0.1, 0.15) is 12.1 Å². The summed E-state index contributed by atoms with van der Waals surface area (Å²) in [5, 5.41) is 3.32. The second kappa shape index (κ2) is 6.57. The maximum atomic E-state index is 12.9. The first-order valence-electron chi connectivity index (χ1n) is 8.47. The molecule has 0 saturated carbocycles. The Labute approximate surface area is 150 Å². The molecule has 1 amide bonds. The van der Waals surface area contributed by atoms with Crippen LogP contribution in [0.25, 0.3) is 21.7 Å². The molecule has 1 N–H and O–H groups in total. The molecule has 6 nitrogen and oxygen atoms in total. The summed E-state index contributed by atoms with van der Waals surface area (Å²) in [6.07, 6.45) is 1.01. The van der Waals surface area contributed by atoms with Gasteiger partial charge in [0.15, 0.2) is 5.82 Å². The van der Waals surface area contributed by atoms with Crippen molar-refractivity contribution in [1.29, 1.82) is 0 Å². The van der Waals surface area contributed by atoms with E-state index in [-0.39, 0.29) is 11.9 Å². The van der Waals surface area contributed by atoms with Gasteiger partial charge < -0.3 is 14.8 Å². The van der Waals surface area contributed by atoms with Gasteiger partial charge in [0.05, 0.1) is 27.1 Å². The van der Waals surface area contributed by atoms with E-state index in [1.54, 1.807) is 11.3 Å². The molecule has 1 aliphatic heterocycles. The highest BCUT2D eigenvalue weighted by Gasteiger charge is 2.25. The number of likely N-dealkylation sites (N-methyl/N-ethyl adjacent to an activating group) is 1. The molecule has 0 unspecified atom stereocenters. The quantitative estimate of drug-likeness (QED) is 0.780. The maximum Gasteiger partial charge on any atom is 0.242 e. The lowest BCUT2D eigenvalue weighted by Gasteiger charge is -2.24. The Bertz CT molecular complexity index is 909. The molecule has 3 heterocycles. The van der Waals surface area contributed by atoms with Gasteiger partial charge in [0.25, 0.3) is 0 Å². The number of carbonyl (C=O) groups excluding carboxylic acids is 1. The number of hydrogen-bond donors (Lipinski definition) is 1. The summed E-state index contributed by atoms with van der Waals surface area (Å²) in [7, 11) is 1.90. The molecule has 130 valence electrons. The fourth-order valence-corrected chi connectivity index (χ4v) is 4.15. The summed E-state index contributed by atoms with van der Waals surface area (Å²) in [5.41, 5.74) is 4.66. The standard InChI is InChI=1S/C18H21N5OS/c1-12-17(25-11-20-12)18-21-14-5-3-4-6-15(14)23(18)10-16(24)22(2)13-7-8-19-9-13/h3-6,11,13,19H,7-10H2,1-2H3/t13-/m1/s1. The highest BCUT2D eigenvalue weighted by Crippen LogP contribution is 2.30. The van der Waals surface area contributed by atoms with E-state index in [0.717, 1.165) is 46.9 Å². The van der Waals surface area contributed by atoms with E-state index in [4.69, 9.17) is 4.98 Å². The van der Waals surface area contributed by atoms with Crippen molar-refractivity contribution in [3.05, 3.63) is 35.5 Å². The lowest BCUT2D eigenvalue weighted by atomic mass is 10.2. The minimum absolute atomic E-state index is 0.111. The third kappa shape index (κ3) is 2.94. The average molecular weight is 355 g/mol. The normalized spacial score (nSPS) is 17.3. The van der Waals surface area contributed by atoms with Gasteiger partial charge in [-0.05, 0) is 32.0 Å². The van der Waals surface area contributed by atoms with Crippen molar-refractivity contribution in [3.8, 4) is 10.7 Å². The van der Waals surface area contributed by atoms with Crippen molar-refractivity contribution in [2.45, 2.75) is 25.9 Å². The SMILES string of the molecule is Cc1ncsc1-c1nc2ccccc2n1CC(=O)N(C)[C@@H]1CCNC1. The first-order chi connectivity index (χ1) is 12.1. The summed E-state index contributed by atoms with van der Waals surface area (Å²) < 4.78 is 2.02. The van der Waals surface area contributed by atoms with Crippen LogP contribution in [0.3, 0.4) is 0 Å². The number of imidazole rings is 1. The third-order valence-corrected chi connectivity index (χ3v) is 5.80. The van der Waals surface area contributed by atoms with E-state index in [0.29, 0.717) is 6.54 Å². The molecule has 1 saturated heterocycles. The van der Waals surface area contributed by atoms with Gasteiger partial charge in [-0.15, -0.1) is 11.3 Å². The van der Waals surface area contributed by atoms with Crippen molar-refractivity contribution in [2.75, 3.05) is 20.1 Å². The molecule has 4 rings (SSSR count). The zero-order valence-electron chi connectivity index (χ0n) is 14.4. The van der Waals surface area contributed by atoms with Crippen molar-refractivity contribution in [1.82, 2.24) is 24.8 Å². The lowest BCUT2D eigenvalue weighted by Crippen LogP contribution is -2.40. The fraction of sp³-hybridized carbons (Fsp3) is 0.389. The summed E-state index contributed by atoms with van der Waals surface area (Å²) >= 11 is 1.56. The number of hydrogen-bond acceptors (Lipinski definition) is 5. The topological polar surface area (TPSA) is 63.1 Å². The predicted octanol–water partition coefficient (Wildman–Crippen LogP) is 2.29. The Morgan fingerprint density at radius 2 is 2.28 bits per heavy atom. The summed E-state index contributed by atoms with van der Waals surface area (Å²) in [5.74, 6) is 0.938. The number of carbonyl (C=O) groups is 1. The Morgan fingerprint density at radius 3 is 3.00 bits per heavy atom. The molecule has 0 spiro atoms. The number of fused-ring (bicyclic) bond motifs is 1. The van der Waals surface area contributed by atoms with Crippen molar-refractivity contribution < 1.29 is 4.79 Å². The number of benzene rings is 1. The van der Waals surface area contributed by atoms with E-state index in [9.17, 15) is 4.79 Å². The second-order valence-corrected chi connectivity index (χ2v) is 7.28. The molecule has 0 radical (unpaired) electrons. The summed E-state index contributed by atoms with van der Waals surface area (Å²) in [6, 6.07) is 8.24. The van der Waals surface area contributed by atoms with Gasteiger partial charge >= 0.3 is 0 Å². The van der Waals surface area contributed by atoms with Gasteiger partial charge in [-0.3, -0.25) is 4.79 Å². The van der Waals surface area contributed by atoms with Crippen LogP contribution in [0.4, 0.5) is 0 Å². The van der Waals surface area contributed by atoms with Crippen LogP contribution in [0.2, 0.25) is 0 Å². The molecule has 2 aromatic heterocycles. The smallest absolute Gasteiger partial charge is 0.242 e. The molecule has 3 aromatic rings. The Balaban J connectivity index is 1.72. The molecule has 7 heteroatoms. The molecule has 0 aliphatic carbocycles. The third-order valence-electron chi connectivity index (χ3n) is 4.87. The van der Waals surface area contributed by atoms with Gasteiger partial charge in [0, 0.05) is 19.6 Å². The van der Waals surface area contributed by atoms with Crippen LogP contribution < -0.4 is 5.32 Å². The van der Waals surface area contributed by atoms with Gasteiger partial charge in [-0.25, -0.2) is 9.97 Å². The van der Waals surface area contributed by atoms with Gasteiger partial charge in [-0.2, -0.15) is 0 Å². The van der Waals surface area contributed by atoms with Crippen LogP contribution in [-0.4, -0.2) is 51.5 Å². The minimum Gasteiger partial charge on any atom is -0.340 e. The molecular formula is C18H21N5OS. The monoisotopic (exact) mass is 355 g/mol. The van der Waals surface area contributed by atoms with Crippen LogP contribution in [0.15, 0.2) is 29.8 Å². The van der Waals surface area contributed by atoms with Crippen LogP contribution in [0.5, 0.6) is 0 Å². The number of amides is 1. The Kier molecular flexibility index (Phi) is 4.27. The Morgan fingerprint density at radius 1 is 1.44 bits per heavy atom. The maximum absolute atomic E-state index is 12.9. The summed E-state index contributed by atoms with van der Waals surface area (Å²) in [6.45, 7) is 4.11. The van der Waals surface area contributed by atoms with E-state index in [1.165, 1.54) is 0 Å². The average Bonchev–Trinajstić information content (AvgIpc) is 3.34. The number of nitrogens with zero attached hydrogens (tertiary/aromatic N) is 4. The highest BCUT2D eigenvalue weighted by molar-refractivity contribution is 7.13. The highest BCUT2D eigenvalue weighted by atomic mass is 32.1. The van der Waals surface area contributed by atoms with E-state index in [1.807, 2.05) is 53.2 Å². The van der Waals surface area contributed by atoms with Gasteiger partial charge in [-0.1, -0.05) is 12.1 Å². The molecular weight excluding hydrogens is 334 g/mol. The lowest BCUT2D eigenvalue weighted by molar-refractivity contribution is -0.132. The second-order valence-electron chi connectivity index (χ2n) is 6.43. The number of aromatic nitrogens is 3. The molecule has 25 heavy (non-hydrogen) atoms. The van der Waals surface area contributed by atoms with Gasteiger partial charge in [0.1, 0.15) is 6.54 Å². The molecule has 1 aliphatic rings. The molecule has 1 aromatic carbocycles. The number of thiazole rings is 1. The number of rotatable bonds is 4. The van der Waals surface area contributed by atoms with E-state index in [2.05, 4.69) is 10.3 Å². The minimum atomic E-state index is 0.111. The first-order valence-corrected chi connectivity index (χ1v) is 9.35. The Hall–Kier alpha value is -2.25. The number of aryl methyl sites for hydroxylation is 1. The number of nitrogens with one attached hydrogen (secondary N) is 1. The van der Waals surface area contributed by atoms with E-state index >= 15 is 0 Å². The van der Waals surface area contributed by atoms with Gasteiger partial charge in [0.2, 0.25) is 5.91 Å². The van der Waals surface area contributed by atoms with Crippen molar-refractivity contribution in [2.24, 2.45) is 0 Å². The predicted molar refractivity (Wildman–Crippen MR) is 99.6 cm³/mol. The van der Waals surface area contributed by atoms with Crippen molar-refractivity contribution >= 4 is 28.3 Å². The molecule has 1 fully saturated rings.